The van der Waals surface area contributed by atoms with E-state index in [0.717, 1.165) is 12.0 Å². The normalized spacial score (nSPS) is 17.4. The Bertz CT molecular complexity index is 352. The van der Waals surface area contributed by atoms with E-state index in [0.29, 0.717) is 11.8 Å². The van der Waals surface area contributed by atoms with Crippen molar-refractivity contribution in [2.45, 2.75) is 51.9 Å². The molecule has 0 radical (unpaired) electrons. The molecule has 88 valence electrons. The van der Waals surface area contributed by atoms with Crippen LogP contribution < -0.4 is 0 Å². The molecular formula is C15H21F. The maximum absolute atomic E-state index is 13.8. The van der Waals surface area contributed by atoms with Gasteiger partial charge in [0.25, 0.3) is 0 Å². The number of benzene rings is 1. The standard InChI is InChI=1S/C15H21F/c1-3-4-11(2)9-14-8-7-13(10-15(14)16)12-5-6-12/h7-8,10-12H,3-6,9H2,1-2H3. The summed E-state index contributed by atoms with van der Waals surface area (Å²) in [5, 5.41) is 0. The van der Waals surface area contributed by atoms with E-state index < -0.39 is 0 Å². The highest BCUT2D eigenvalue weighted by atomic mass is 19.1. The summed E-state index contributed by atoms with van der Waals surface area (Å²) in [7, 11) is 0. The molecule has 0 aromatic heterocycles. The zero-order valence-corrected chi connectivity index (χ0v) is 10.3. The number of rotatable bonds is 5. The van der Waals surface area contributed by atoms with Gasteiger partial charge in [-0.2, -0.15) is 0 Å². The molecule has 0 spiro atoms. The van der Waals surface area contributed by atoms with Gasteiger partial charge in [0.05, 0.1) is 0 Å². The van der Waals surface area contributed by atoms with Gasteiger partial charge in [0.15, 0.2) is 0 Å². The van der Waals surface area contributed by atoms with Crippen molar-refractivity contribution in [3.8, 4) is 0 Å². The molecule has 1 aliphatic rings. The summed E-state index contributed by atoms with van der Waals surface area (Å²) < 4.78 is 13.8. The number of hydrogen-bond donors (Lipinski definition) is 0. The van der Waals surface area contributed by atoms with Crippen LogP contribution in [0.15, 0.2) is 18.2 Å². The van der Waals surface area contributed by atoms with Gasteiger partial charge in [0.2, 0.25) is 0 Å². The van der Waals surface area contributed by atoms with Crippen molar-refractivity contribution in [1.82, 2.24) is 0 Å². The molecule has 0 amide bonds. The van der Waals surface area contributed by atoms with Crippen molar-refractivity contribution in [2.24, 2.45) is 5.92 Å². The van der Waals surface area contributed by atoms with Crippen molar-refractivity contribution < 1.29 is 4.39 Å². The minimum atomic E-state index is 0.00681. The fourth-order valence-electron chi connectivity index (χ4n) is 2.37. The molecule has 1 fully saturated rings. The van der Waals surface area contributed by atoms with E-state index in [1.165, 1.54) is 31.2 Å². The average molecular weight is 220 g/mol. The lowest BCUT2D eigenvalue weighted by atomic mass is 9.95. The Morgan fingerprint density at radius 1 is 1.38 bits per heavy atom. The fourth-order valence-corrected chi connectivity index (χ4v) is 2.37. The molecule has 16 heavy (non-hydrogen) atoms. The van der Waals surface area contributed by atoms with Crippen molar-refractivity contribution in [3.05, 3.63) is 35.1 Å². The molecular weight excluding hydrogens is 199 g/mol. The lowest BCUT2D eigenvalue weighted by Crippen LogP contribution is -2.02. The summed E-state index contributed by atoms with van der Waals surface area (Å²) in [5.41, 5.74) is 2.09. The molecule has 0 saturated heterocycles. The summed E-state index contributed by atoms with van der Waals surface area (Å²) in [5.74, 6) is 1.25. The predicted octanol–water partition coefficient (Wildman–Crippen LogP) is 4.68. The van der Waals surface area contributed by atoms with Crippen LogP contribution in [0.4, 0.5) is 4.39 Å². The first kappa shape index (κ1) is 11.6. The van der Waals surface area contributed by atoms with E-state index in [9.17, 15) is 4.39 Å². The summed E-state index contributed by atoms with van der Waals surface area (Å²) in [4.78, 5) is 0. The predicted molar refractivity (Wildman–Crippen MR) is 66.2 cm³/mol. The van der Waals surface area contributed by atoms with Gasteiger partial charge in [-0.3, -0.25) is 0 Å². The van der Waals surface area contributed by atoms with E-state index in [1.54, 1.807) is 6.07 Å². The largest absolute Gasteiger partial charge is 0.207 e. The highest BCUT2D eigenvalue weighted by molar-refractivity contribution is 5.29. The zero-order valence-electron chi connectivity index (χ0n) is 10.3. The molecule has 1 saturated carbocycles. The maximum Gasteiger partial charge on any atom is 0.126 e. The van der Waals surface area contributed by atoms with Gasteiger partial charge in [-0.05, 0) is 48.3 Å². The van der Waals surface area contributed by atoms with Crippen LogP contribution in [-0.2, 0) is 6.42 Å². The Morgan fingerprint density at radius 2 is 2.12 bits per heavy atom. The number of hydrogen-bond acceptors (Lipinski definition) is 0. The highest BCUT2D eigenvalue weighted by Gasteiger charge is 2.24. The zero-order chi connectivity index (χ0) is 11.5. The molecule has 1 atom stereocenters. The second-order valence-corrected chi connectivity index (χ2v) is 5.22. The van der Waals surface area contributed by atoms with Gasteiger partial charge in [0, 0.05) is 0 Å². The first-order chi connectivity index (χ1) is 7.70. The van der Waals surface area contributed by atoms with Gasteiger partial charge >= 0.3 is 0 Å². The molecule has 2 rings (SSSR count). The van der Waals surface area contributed by atoms with Crippen LogP contribution in [0.3, 0.4) is 0 Å². The number of halogens is 1. The summed E-state index contributed by atoms with van der Waals surface area (Å²) in [6.07, 6.45) is 5.73. The molecule has 1 unspecified atom stereocenters. The minimum absolute atomic E-state index is 0.00681. The molecule has 1 aromatic rings. The van der Waals surface area contributed by atoms with Crippen LogP contribution in [0, 0.1) is 11.7 Å². The molecule has 0 N–H and O–H groups in total. The lowest BCUT2D eigenvalue weighted by molar-refractivity contribution is 0.503. The first-order valence-corrected chi connectivity index (χ1v) is 6.49. The van der Waals surface area contributed by atoms with Crippen LogP contribution in [-0.4, -0.2) is 0 Å². The Hall–Kier alpha value is -0.850. The van der Waals surface area contributed by atoms with Crippen LogP contribution in [0.1, 0.15) is 56.6 Å². The van der Waals surface area contributed by atoms with Gasteiger partial charge in [-0.1, -0.05) is 38.8 Å². The summed E-state index contributed by atoms with van der Waals surface area (Å²) in [6.45, 7) is 4.39. The van der Waals surface area contributed by atoms with E-state index in [4.69, 9.17) is 0 Å². The first-order valence-electron chi connectivity index (χ1n) is 6.49. The van der Waals surface area contributed by atoms with Gasteiger partial charge in [-0.25, -0.2) is 4.39 Å². The quantitative estimate of drug-likeness (QED) is 0.675. The van der Waals surface area contributed by atoms with Crippen molar-refractivity contribution in [2.75, 3.05) is 0 Å². The van der Waals surface area contributed by atoms with E-state index in [-0.39, 0.29) is 5.82 Å². The highest BCUT2D eigenvalue weighted by Crippen LogP contribution is 2.40. The van der Waals surface area contributed by atoms with Crippen molar-refractivity contribution >= 4 is 0 Å². The molecule has 1 aliphatic carbocycles. The Labute approximate surface area is 97.9 Å². The van der Waals surface area contributed by atoms with Crippen LogP contribution in [0.2, 0.25) is 0 Å². The maximum atomic E-state index is 13.8. The van der Waals surface area contributed by atoms with E-state index in [2.05, 4.69) is 19.9 Å². The molecule has 0 aliphatic heterocycles. The Morgan fingerprint density at radius 3 is 2.69 bits per heavy atom. The monoisotopic (exact) mass is 220 g/mol. The third-order valence-electron chi connectivity index (χ3n) is 3.48. The third kappa shape index (κ3) is 2.84. The van der Waals surface area contributed by atoms with E-state index >= 15 is 0 Å². The van der Waals surface area contributed by atoms with Crippen LogP contribution in [0.5, 0.6) is 0 Å². The molecule has 0 bridgehead atoms. The van der Waals surface area contributed by atoms with Gasteiger partial charge in [-0.15, -0.1) is 0 Å². The third-order valence-corrected chi connectivity index (χ3v) is 3.48. The smallest absolute Gasteiger partial charge is 0.126 e. The van der Waals surface area contributed by atoms with Crippen LogP contribution in [0.25, 0.3) is 0 Å². The lowest BCUT2D eigenvalue weighted by Gasteiger charge is -2.11. The van der Waals surface area contributed by atoms with E-state index in [1.807, 2.05) is 6.07 Å². The average Bonchev–Trinajstić information content (AvgIpc) is 3.05. The SMILES string of the molecule is CCCC(C)Cc1ccc(C2CC2)cc1F. The minimum Gasteiger partial charge on any atom is -0.207 e. The topological polar surface area (TPSA) is 0 Å². The second kappa shape index (κ2) is 4.99. The van der Waals surface area contributed by atoms with Gasteiger partial charge in [0.1, 0.15) is 5.82 Å². The molecule has 0 nitrogen and oxygen atoms in total. The summed E-state index contributed by atoms with van der Waals surface area (Å²) >= 11 is 0. The van der Waals surface area contributed by atoms with Crippen LogP contribution >= 0.6 is 0 Å². The second-order valence-electron chi connectivity index (χ2n) is 5.22. The molecule has 1 heteroatoms. The Kier molecular flexibility index (Phi) is 3.63. The fraction of sp³-hybridized carbons (Fsp3) is 0.600. The van der Waals surface area contributed by atoms with Crippen molar-refractivity contribution in [1.29, 1.82) is 0 Å². The van der Waals surface area contributed by atoms with Crippen molar-refractivity contribution in [3.63, 3.8) is 0 Å². The van der Waals surface area contributed by atoms with Gasteiger partial charge < -0.3 is 0 Å². The summed E-state index contributed by atoms with van der Waals surface area (Å²) in [6, 6.07) is 5.87. The molecule has 1 aromatic carbocycles. The Balaban J connectivity index is 2.03. The molecule has 0 heterocycles.